The van der Waals surface area contributed by atoms with Crippen LogP contribution in [0, 0.1) is 12.8 Å². The van der Waals surface area contributed by atoms with E-state index >= 15 is 0 Å². The number of benzene rings is 1. The molecule has 1 aliphatic heterocycles. The first-order valence-electron chi connectivity index (χ1n) is 6.70. The molecule has 0 saturated carbocycles. The second-order valence-corrected chi connectivity index (χ2v) is 5.24. The molecule has 0 aromatic heterocycles. The number of aliphatic hydroxyl groups excluding tert-OH is 1. The van der Waals surface area contributed by atoms with Crippen molar-refractivity contribution >= 4 is 5.69 Å². The zero-order valence-electron chi connectivity index (χ0n) is 11.4. The van der Waals surface area contributed by atoms with Crippen molar-refractivity contribution in [3.05, 3.63) is 29.3 Å². The molecular weight excluding hydrogens is 226 g/mol. The fraction of sp³-hybridized carbons (Fsp3) is 0.600. The Kier molecular flexibility index (Phi) is 4.61. The monoisotopic (exact) mass is 249 g/mol. The van der Waals surface area contributed by atoms with Crippen molar-refractivity contribution in [2.45, 2.75) is 26.4 Å². The van der Waals surface area contributed by atoms with Crippen LogP contribution >= 0.6 is 0 Å². The number of nitrogens with zero attached hydrogens (tertiary/aromatic N) is 1. The molecule has 3 nitrogen and oxygen atoms in total. The maximum atomic E-state index is 9.12. The molecule has 0 spiro atoms. The molecule has 1 heterocycles. The fourth-order valence-electron chi connectivity index (χ4n) is 2.68. The third-order valence-electron chi connectivity index (χ3n) is 3.64. The first-order chi connectivity index (χ1) is 8.70. The minimum absolute atomic E-state index is 0.112. The van der Waals surface area contributed by atoms with Gasteiger partial charge in [0.2, 0.25) is 0 Å². The van der Waals surface area contributed by atoms with Crippen LogP contribution in [-0.4, -0.2) is 31.9 Å². The minimum Gasteiger partial charge on any atom is -0.392 e. The number of aliphatic hydroxyl groups is 1. The second-order valence-electron chi connectivity index (χ2n) is 5.24. The molecule has 3 heteroatoms. The van der Waals surface area contributed by atoms with E-state index in [1.807, 2.05) is 6.07 Å². The summed E-state index contributed by atoms with van der Waals surface area (Å²) in [7, 11) is 2.13. The number of anilines is 1. The molecule has 18 heavy (non-hydrogen) atoms. The SMILES string of the molecule is Cc1cc(CO)ccc1N(C)CC1CCCOC1. The Morgan fingerprint density at radius 1 is 1.44 bits per heavy atom. The van der Waals surface area contributed by atoms with Crippen molar-refractivity contribution in [3.8, 4) is 0 Å². The van der Waals surface area contributed by atoms with E-state index in [4.69, 9.17) is 9.84 Å². The summed E-state index contributed by atoms with van der Waals surface area (Å²) in [5.41, 5.74) is 3.45. The summed E-state index contributed by atoms with van der Waals surface area (Å²) in [6.07, 6.45) is 2.44. The molecule has 2 rings (SSSR count). The zero-order chi connectivity index (χ0) is 13.0. The van der Waals surface area contributed by atoms with Crippen LogP contribution in [0.4, 0.5) is 5.69 Å². The Morgan fingerprint density at radius 2 is 2.28 bits per heavy atom. The molecule has 100 valence electrons. The molecule has 1 N–H and O–H groups in total. The summed E-state index contributed by atoms with van der Waals surface area (Å²) in [5, 5.41) is 9.12. The maximum Gasteiger partial charge on any atom is 0.0681 e. The van der Waals surface area contributed by atoms with E-state index in [1.165, 1.54) is 24.1 Å². The number of hydrogen-bond acceptors (Lipinski definition) is 3. The van der Waals surface area contributed by atoms with Gasteiger partial charge in [-0.1, -0.05) is 12.1 Å². The van der Waals surface area contributed by atoms with E-state index in [1.54, 1.807) is 0 Å². The Labute approximate surface area is 109 Å². The highest BCUT2D eigenvalue weighted by atomic mass is 16.5. The number of rotatable bonds is 4. The molecule has 1 aromatic carbocycles. The first kappa shape index (κ1) is 13.4. The lowest BCUT2D eigenvalue weighted by molar-refractivity contribution is 0.0576. The van der Waals surface area contributed by atoms with E-state index in [0.717, 1.165) is 25.3 Å². The Morgan fingerprint density at radius 3 is 2.89 bits per heavy atom. The molecule has 1 fully saturated rings. The molecule has 1 atom stereocenters. The van der Waals surface area contributed by atoms with Gasteiger partial charge in [-0.25, -0.2) is 0 Å². The van der Waals surface area contributed by atoms with E-state index in [0.29, 0.717) is 5.92 Å². The lowest BCUT2D eigenvalue weighted by Crippen LogP contribution is -2.31. The van der Waals surface area contributed by atoms with Crippen LogP contribution in [0.2, 0.25) is 0 Å². The highest BCUT2D eigenvalue weighted by Gasteiger charge is 2.16. The number of ether oxygens (including phenoxy) is 1. The van der Waals surface area contributed by atoms with Gasteiger partial charge in [0.1, 0.15) is 0 Å². The van der Waals surface area contributed by atoms with Gasteiger partial charge in [-0.15, -0.1) is 0 Å². The van der Waals surface area contributed by atoms with Crippen molar-refractivity contribution in [2.24, 2.45) is 5.92 Å². The smallest absolute Gasteiger partial charge is 0.0681 e. The molecular formula is C15H23NO2. The van der Waals surface area contributed by atoms with Crippen molar-refractivity contribution in [1.29, 1.82) is 0 Å². The predicted octanol–water partition coefficient (Wildman–Crippen LogP) is 2.35. The Balaban J connectivity index is 2.01. The van der Waals surface area contributed by atoms with Gasteiger partial charge in [0.05, 0.1) is 13.2 Å². The second kappa shape index (κ2) is 6.21. The van der Waals surface area contributed by atoms with Gasteiger partial charge in [-0.05, 0) is 42.9 Å². The van der Waals surface area contributed by atoms with Gasteiger partial charge in [-0.3, -0.25) is 0 Å². The van der Waals surface area contributed by atoms with Gasteiger partial charge in [0.15, 0.2) is 0 Å². The highest BCUT2D eigenvalue weighted by Crippen LogP contribution is 2.23. The normalized spacial score (nSPS) is 19.8. The van der Waals surface area contributed by atoms with Crippen LogP contribution in [0.15, 0.2) is 18.2 Å². The lowest BCUT2D eigenvalue weighted by atomic mass is 10.0. The molecule has 0 bridgehead atoms. The standard InChI is InChI=1S/C15H23NO2/c1-12-8-13(10-17)5-6-15(12)16(2)9-14-4-3-7-18-11-14/h5-6,8,14,17H,3-4,7,9-11H2,1-2H3. The Hall–Kier alpha value is -1.06. The van der Waals surface area contributed by atoms with E-state index in [-0.39, 0.29) is 6.61 Å². The van der Waals surface area contributed by atoms with E-state index in [2.05, 4.69) is 31.0 Å². The summed E-state index contributed by atoms with van der Waals surface area (Å²) < 4.78 is 5.53. The number of aryl methyl sites for hydroxylation is 1. The minimum atomic E-state index is 0.112. The summed E-state index contributed by atoms with van der Waals surface area (Å²) in [4.78, 5) is 2.30. The molecule has 0 aliphatic carbocycles. The summed E-state index contributed by atoms with van der Waals surface area (Å²) in [6.45, 7) is 5.06. The topological polar surface area (TPSA) is 32.7 Å². The quantitative estimate of drug-likeness (QED) is 0.889. The van der Waals surface area contributed by atoms with Crippen molar-refractivity contribution < 1.29 is 9.84 Å². The van der Waals surface area contributed by atoms with Gasteiger partial charge in [0, 0.05) is 25.9 Å². The van der Waals surface area contributed by atoms with Crippen LogP contribution in [0.5, 0.6) is 0 Å². The van der Waals surface area contributed by atoms with Crippen LogP contribution in [-0.2, 0) is 11.3 Å². The summed E-state index contributed by atoms with van der Waals surface area (Å²) >= 11 is 0. The van der Waals surface area contributed by atoms with E-state index in [9.17, 15) is 0 Å². The molecule has 0 amide bonds. The van der Waals surface area contributed by atoms with Gasteiger partial charge >= 0.3 is 0 Å². The van der Waals surface area contributed by atoms with Crippen LogP contribution < -0.4 is 4.90 Å². The third-order valence-corrected chi connectivity index (χ3v) is 3.64. The van der Waals surface area contributed by atoms with E-state index < -0.39 is 0 Å². The van der Waals surface area contributed by atoms with Crippen LogP contribution in [0.1, 0.15) is 24.0 Å². The van der Waals surface area contributed by atoms with Crippen LogP contribution in [0.25, 0.3) is 0 Å². The molecule has 0 radical (unpaired) electrons. The van der Waals surface area contributed by atoms with Gasteiger partial charge in [-0.2, -0.15) is 0 Å². The largest absolute Gasteiger partial charge is 0.392 e. The lowest BCUT2D eigenvalue weighted by Gasteiger charge is -2.29. The first-order valence-corrected chi connectivity index (χ1v) is 6.70. The molecule has 1 saturated heterocycles. The third kappa shape index (κ3) is 3.24. The summed E-state index contributed by atoms with van der Waals surface area (Å²) in [5.74, 6) is 0.640. The number of hydrogen-bond donors (Lipinski definition) is 1. The molecule has 1 aromatic rings. The zero-order valence-corrected chi connectivity index (χ0v) is 11.4. The average molecular weight is 249 g/mol. The van der Waals surface area contributed by atoms with Crippen LogP contribution in [0.3, 0.4) is 0 Å². The van der Waals surface area contributed by atoms with Crippen molar-refractivity contribution in [2.75, 3.05) is 31.7 Å². The molecule has 1 unspecified atom stereocenters. The maximum absolute atomic E-state index is 9.12. The highest BCUT2D eigenvalue weighted by molar-refractivity contribution is 5.53. The van der Waals surface area contributed by atoms with Gasteiger partial charge < -0.3 is 14.7 Å². The van der Waals surface area contributed by atoms with Crippen molar-refractivity contribution in [3.63, 3.8) is 0 Å². The molecule has 1 aliphatic rings. The predicted molar refractivity (Wildman–Crippen MR) is 73.9 cm³/mol. The van der Waals surface area contributed by atoms with Crippen molar-refractivity contribution in [1.82, 2.24) is 0 Å². The summed E-state index contributed by atoms with van der Waals surface area (Å²) in [6, 6.07) is 6.16. The Bertz CT molecular complexity index is 386. The fourth-order valence-corrected chi connectivity index (χ4v) is 2.68. The van der Waals surface area contributed by atoms with Gasteiger partial charge in [0.25, 0.3) is 0 Å². The average Bonchev–Trinajstić information content (AvgIpc) is 2.39.